The number of nitrogens with one attached hydrogen (secondary N) is 1. The van der Waals surface area contributed by atoms with E-state index in [0.717, 1.165) is 51.0 Å². The Balaban J connectivity index is 1.44. The Kier molecular flexibility index (Phi) is 7.88. The summed E-state index contributed by atoms with van der Waals surface area (Å²) in [6.45, 7) is 11.0. The Labute approximate surface area is 261 Å². The molecule has 0 saturated carbocycles. The van der Waals surface area contributed by atoms with Gasteiger partial charge in [-0.1, -0.05) is 53.5 Å². The minimum Gasteiger partial charge on any atom is -0.370 e. The number of aromatic nitrogens is 2. The number of piperidine rings is 1. The summed E-state index contributed by atoms with van der Waals surface area (Å²) in [6, 6.07) is 22.9. The lowest BCUT2D eigenvalue weighted by atomic mass is 9.91. The van der Waals surface area contributed by atoms with Gasteiger partial charge in [-0.25, -0.2) is 0 Å². The third-order valence-corrected chi connectivity index (χ3v) is 9.48. The van der Waals surface area contributed by atoms with E-state index in [9.17, 15) is 0 Å². The number of anilines is 2. The number of rotatable bonds is 5. The highest BCUT2D eigenvalue weighted by Crippen LogP contribution is 2.45. The fourth-order valence-electron chi connectivity index (χ4n) is 6.81. The maximum atomic E-state index is 7.03. The van der Waals surface area contributed by atoms with Crippen molar-refractivity contribution >= 4 is 56.2 Å². The van der Waals surface area contributed by atoms with E-state index in [1.165, 1.54) is 17.7 Å². The van der Waals surface area contributed by atoms with E-state index in [4.69, 9.17) is 28.8 Å². The quantitative estimate of drug-likeness (QED) is 0.220. The summed E-state index contributed by atoms with van der Waals surface area (Å²) < 4.78 is 3.36. The van der Waals surface area contributed by atoms with E-state index in [2.05, 4.69) is 118 Å². The van der Waals surface area contributed by atoms with Gasteiger partial charge in [0.05, 0.1) is 28.5 Å². The van der Waals surface area contributed by atoms with Gasteiger partial charge in [0, 0.05) is 46.5 Å². The number of thiocarbonyl (C=S) groups is 1. The Morgan fingerprint density at radius 1 is 0.951 bits per heavy atom. The topological polar surface area (TPSA) is 36.3 Å². The van der Waals surface area contributed by atoms with Gasteiger partial charge in [0.1, 0.15) is 0 Å². The van der Waals surface area contributed by atoms with Crippen molar-refractivity contribution in [1.82, 2.24) is 14.9 Å². The molecule has 41 heavy (non-hydrogen) atoms. The minimum atomic E-state index is -0.123. The van der Waals surface area contributed by atoms with Crippen LogP contribution in [-0.4, -0.2) is 27.8 Å². The van der Waals surface area contributed by atoms with Gasteiger partial charge in [0.15, 0.2) is 5.11 Å². The molecule has 2 aromatic heterocycles. The molecule has 8 heteroatoms. The molecule has 4 atom stereocenters. The second kappa shape index (κ2) is 11.4. The molecule has 2 saturated heterocycles. The molecule has 0 spiro atoms. The molecule has 0 radical (unpaired) electrons. The van der Waals surface area contributed by atoms with Gasteiger partial charge in [-0.2, -0.15) is 0 Å². The molecule has 0 aliphatic carbocycles. The molecule has 4 aromatic rings. The van der Waals surface area contributed by atoms with E-state index in [1.54, 1.807) is 0 Å². The highest BCUT2D eigenvalue weighted by Gasteiger charge is 2.42. The van der Waals surface area contributed by atoms with E-state index < -0.39 is 0 Å². The highest BCUT2D eigenvalue weighted by molar-refractivity contribution is 9.10. The maximum Gasteiger partial charge on any atom is 0.174 e. The van der Waals surface area contributed by atoms with Gasteiger partial charge in [0.2, 0.25) is 0 Å². The van der Waals surface area contributed by atoms with Gasteiger partial charge in [0.25, 0.3) is 0 Å². The lowest BCUT2D eigenvalue weighted by Gasteiger charge is -2.37. The number of hydrogen-bond acceptors (Lipinski definition) is 3. The zero-order chi connectivity index (χ0) is 28.8. The Morgan fingerprint density at radius 3 is 2.41 bits per heavy atom. The largest absolute Gasteiger partial charge is 0.370 e. The molecule has 2 fully saturated rings. The van der Waals surface area contributed by atoms with E-state index in [-0.39, 0.29) is 12.1 Å². The summed E-state index contributed by atoms with van der Waals surface area (Å²) in [5.41, 5.74) is 7.67. The Hall–Kier alpha value is -2.87. The van der Waals surface area contributed by atoms with Gasteiger partial charge in [-0.05, 0) is 104 Å². The SMILES string of the molecule is Cc1cc([C@H]2[C@H](c3ccccn3)NC(=S)N2c2ccc(N3C[C@H](C)C[C@H](C)C3)c(Cl)c2)c(C)n1-c1cccc(Br)c1. The predicted octanol–water partition coefficient (Wildman–Crippen LogP) is 8.56. The molecule has 2 aromatic carbocycles. The number of pyridine rings is 1. The summed E-state index contributed by atoms with van der Waals surface area (Å²) >= 11 is 16.7. The molecule has 0 unspecified atom stereocenters. The number of benzene rings is 2. The number of aryl methyl sites for hydroxylation is 1. The van der Waals surface area contributed by atoms with Crippen LogP contribution in [0.2, 0.25) is 5.02 Å². The van der Waals surface area contributed by atoms with Crippen LogP contribution in [0, 0.1) is 25.7 Å². The molecular weight excluding hydrogens is 614 g/mol. The molecule has 4 heterocycles. The van der Waals surface area contributed by atoms with Crippen LogP contribution in [0.3, 0.4) is 0 Å². The normalized spacial score (nSPS) is 22.7. The molecule has 2 aliphatic heterocycles. The maximum absolute atomic E-state index is 7.03. The van der Waals surface area contributed by atoms with Crippen molar-refractivity contribution in [2.75, 3.05) is 22.9 Å². The lowest BCUT2D eigenvalue weighted by Crippen LogP contribution is -2.38. The van der Waals surface area contributed by atoms with Crippen molar-refractivity contribution in [1.29, 1.82) is 0 Å². The van der Waals surface area contributed by atoms with Crippen molar-refractivity contribution in [3.63, 3.8) is 0 Å². The van der Waals surface area contributed by atoms with E-state index in [1.807, 2.05) is 18.3 Å². The standard InChI is InChI=1S/C33H35BrClN5S/c1-20-14-21(2)19-38(18-20)30-12-11-26(17-28(30)35)40-32(31(37-33(40)41)29-10-5-6-13-36-29)27-15-22(3)39(23(27)4)25-9-7-8-24(34)16-25/h5-13,15-17,20-21,31-32H,14,18-19H2,1-4H3,(H,37,41)/t20-,21+,31-,32-/m0/s1. The number of hydrogen-bond donors (Lipinski definition) is 1. The van der Waals surface area contributed by atoms with Crippen LogP contribution in [0.4, 0.5) is 11.4 Å². The van der Waals surface area contributed by atoms with Crippen LogP contribution < -0.4 is 15.1 Å². The van der Waals surface area contributed by atoms with Gasteiger partial charge >= 0.3 is 0 Å². The Bertz CT molecular complexity index is 1580. The second-order valence-electron chi connectivity index (χ2n) is 11.6. The van der Waals surface area contributed by atoms with Crippen molar-refractivity contribution < 1.29 is 0 Å². The van der Waals surface area contributed by atoms with Crippen LogP contribution in [0.15, 0.2) is 77.4 Å². The molecule has 0 amide bonds. The second-order valence-corrected chi connectivity index (χ2v) is 13.3. The average Bonchev–Trinajstić information content (AvgIpc) is 3.43. The summed E-state index contributed by atoms with van der Waals surface area (Å²) in [5, 5.41) is 5.03. The number of nitrogens with zero attached hydrogens (tertiary/aromatic N) is 4. The fourth-order valence-corrected chi connectivity index (χ4v) is 7.84. The fraction of sp³-hybridized carbons (Fsp3) is 0.333. The monoisotopic (exact) mass is 647 g/mol. The van der Waals surface area contributed by atoms with E-state index in [0.29, 0.717) is 16.9 Å². The molecule has 212 valence electrons. The van der Waals surface area contributed by atoms with Crippen LogP contribution in [0.1, 0.15) is 55.0 Å². The molecule has 6 rings (SSSR count). The van der Waals surface area contributed by atoms with Crippen LogP contribution in [0.5, 0.6) is 0 Å². The molecule has 0 bridgehead atoms. The Morgan fingerprint density at radius 2 is 1.73 bits per heavy atom. The van der Waals surface area contributed by atoms with Gasteiger partial charge < -0.3 is 19.7 Å². The lowest BCUT2D eigenvalue weighted by molar-refractivity contribution is 0.357. The molecular formula is C33H35BrClN5S. The zero-order valence-electron chi connectivity index (χ0n) is 23.8. The van der Waals surface area contributed by atoms with Gasteiger partial charge in [-0.3, -0.25) is 4.98 Å². The average molecular weight is 649 g/mol. The van der Waals surface area contributed by atoms with Crippen LogP contribution in [-0.2, 0) is 0 Å². The molecule has 2 aliphatic rings. The first-order valence-corrected chi connectivity index (χ1v) is 15.8. The van der Waals surface area contributed by atoms with Crippen LogP contribution >= 0.6 is 39.7 Å². The third kappa shape index (κ3) is 5.40. The van der Waals surface area contributed by atoms with Crippen LogP contribution in [0.25, 0.3) is 5.69 Å². The summed E-state index contributed by atoms with van der Waals surface area (Å²) in [5.74, 6) is 1.29. The van der Waals surface area contributed by atoms with Gasteiger partial charge in [-0.15, -0.1) is 0 Å². The summed E-state index contributed by atoms with van der Waals surface area (Å²) in [4.78, 5) is 9.40. The first kappa shape index (κ1) is 28.3. The highest BCUT2D eigenvalue weighted by atomic mass is 79.9. The summed E-state index contributed by atoms with van der Waals surface area (Å²) in [7, 11) is 0. The van der Waals surface area contributed by atoms with Crippen molar-refractivity contribution in [2.24, 2.45) is 11.8 Å². The minimum absolute atomic E-state index is 0.110. The molecule has 5 nitrogen and oxygen atoms in total. The van der Waals surface area contributed by atoms with Crippen molar-refractivity contribution in [3.05, 3.63) is 105 Å². The molecule has 1 N–H and O–H groups in total. The summed E-state index contributed by atoms with van der Waals surface area (Å²) in [6.07, 6.45) is 3.10. The first-order valence-electron chi connectivity index (χ1n) is 14.2. The smallest absolute Gasteiger partial charge is 0.174 e. The predicted molar refractivity (Wildman–Crippen MR) is 177 cm³/mol. The van der Waals surface area contributed by atoms with Crippen molar-refractivity contribution in [3.8, 4) is 5.69 Å². The third-order valence-electron chi connectivity index (χ3n) is 8.37. The first-order chi connectivity index (χ1) is 19.7. The zero-order valence-corrected chi connectivity index (χ0v) is 27.0. The number of halogens is 2. The van der Waals surface area contributed by atoms with Crippen molar-refractivity contribution in [2.45, 2.75) is 46.2 Å². The van der Waals surface area contributed by atoms with E-state index >= 15 is 0 Å².